The van der Waals surface area contributed by atoms with Gasteiger partial charge in [0.15, 0.2) is 5.78 Å². The molecule has 0 saturated carbocycles. The van der Waals surface area contributed by atoms with Crippen molar-refractivity contribution in [1.29, 1.82) is 0 Å². The molecule has 1 aromatic carbocycles. The quantitative estimate of drug-likeness (QED) is 0.471. The van der Waals surface area contributed by atoms with E-state index in [1.165, 1.54) is 12.1 Å². The van der Waals surface area contributed by atoms with Crippen LogP contribution >= 0.6 is 0 Å². The van der Waals surface area contributed by atoms with Gasteiger partial charge in [-0.25, -0.2) is 4.98 Å². The standard InChI is InChI=1S/C26H26F3N5O3/c27-26(28,29)23-4-1-3-21(30-23)22(35)14-17-6-7-20-18(13-17)15-33(31-20)16-25(37)32-11-8-19(9-12-32)34-10-2-5-24(34)36/h1,3-4,6-7,13,15,19H,2,5,8-12,14,16H2. The minimum absolute atomic E-state index is 0.0509. The molecular weight excluding hydrogens is 487 g/mol. The number of carbonyl (C=O) groups excluding carboxylic acids is 3. The Morgan fingerprint density at radius 3 is 2.54 bits per heavy atom. The molecule has 0 aliphatic carbocycles. The van der Waals surface area contributed by atoms with Crippen LogP contribution in [0.5, 0.6) is 0 Å². The number of hydrogen-bond donors (Lipinski definition) is 0. The molecule has 0 spiro atoms. The van der Waals surface area contributed by atoms with Gasteiger partial charge in [-0.1, -0.05) is 12.1 Å². The number of halogens is 3. The van der Waals surface area contributed by atoms with Crippen molar-refractivity contribution >= 4 is 28.5 Å². The third-order valence-corrected chi connectivity index (χ3v) is 6.97. The van der Waals surface area contributed by atoms with Gasteiger partial charge in [0.1, 0.15) is 17.9 Å². The van der Waals surface area contributed by atoms with E-state index in [0.29, 0.717) is 30.6 Å². The zero-order valence-corrected chi connectivity index (χ0v) is 20.1. The third kappa shape index (κ3) is 5.50. The van der Waals surface area contributed by atoms with Crippen LogP contribution in [0.2, 0.25) is 0 Å². The van der Waals surface area contributed by atoms with E-state index >= 15 is 0 Å². The zero-order valence-electron chi connectivity index (χ0n) is 20.1. The number of aromatic nitrogens is 3. The molecule has 37 heavy (non-hydrogen) atoms. The summed E-state index contributed by atoms with van der Waals surface area (Å²) in [6, 6.07) is 8.63. The number of nitrogens with zero attached hydrogens (tertiary/aromatic N) is 5. The summed E-state index contributed by atoms with van der Waals surface area (Å²) in [7, 11) is 0. The van der Waals surface area contributed by atoms with Crippen molar-refractivity contribution in [2.75, 3.05) is 19.6 Å². The number of amides is 2. The number of rotatable bonds is 6. The summed E-state index contributed by atoms with van der Waals surface area (Å²) >= 11 is 0. The Morgan fingerprint density at radius 2 is 1.84 bits per heavy atom. The molecule has 5 rings (SSSR count). The highest BCUT2D eigenvalue weighted by Crippen LogP contribution is 2.28. The topological polar surface area (TPSA) is 88.4 Å². The summed E-state index contributed by atoms with van der Waals surface area (Å²) in [6.07, 6.45) is 0.0620. The minimum atomic E-state index is -4.62. The van der Waals surface area contributed by atoms with E-state index in [4.69, 9.17) is 0 Å². The van der Waals surface area contributed by atoms with E-state index in [-0.39, 0.29) is 36.5 Å². The summed E-state index contributed by atoms with van der Waals surface area (Å²) < 4.78 is 40.3. The second kappa shape index (κ2) is 9.95. The predicted molar refractivity (Wildman–Crippen MR) is 128 cm³/mol. The van der Waals surface area contributed by atoms with Crippen LogP contribution in [0.1, 0.15) is 47.4 Å². The lowest BCUT2D eigenvalue weighted by Gasteiger charge is -2.36. The van der Waals surface area contributed by atoms with Gasteiger partial charge >= 0.3 is 6.18 Å². The van der Waals surface area contributed by atoms with Crippen molar-refractivity contribution in [1.82, 2.24) is 24.6 Å². The number of ketones is 1. The van der Waals surface area contributed by atoms with Gasteiger partial charge in [-0.15, -0.1) is 0 Å². The molecule has 2 aliphatic rings. The Bertz CT molecular complexity index is 1340. The Balaban J connectivity index is 1.20. The lowest BCUT2D eigenvalue weighted by molar-refractivity contribution is -0.141. The SMILES string of the molecule is O=C(Cc1ccc2nn(CC(=O)N3CCC(N4CCCC4=O)CC3)cc2c1)c1cccc(C(F)(F)F)n1. The summed E-state index contributed by atoms with van der Waals surface area (Å²) in [4.78, 5) is 44.6. The third-order valence-electron chi connectivity index (χ3n) is 6.97. The Kier molecular flexibility index (Phi) is 6.70. The van der Waals surface area contributed by atoms with E-state index in [0.717, 1.165) is 37.3 Å². The number of carbonyl (C=O) groups is 3. The Labute approximate surface area is 211 Å². The molecule has 2 aliphatic heterocycles. The van der Waals surface area contributed by atoms with Gasteiger partial charge in [-0.2, -0.15) is 18.3 Å². The van der Waals surface area contributed by atoms with E-state index in [2.05, 4.69) is 10.1 Å². The van der Waals surface area contributed by atoms with Crippen molar-refractivity contribution in [3.63, 3.8) is 0 Å². The number of alkyl halides is 3. The van der Waals surface area contributed by atoms with Crippen LogP contribution < -0.4 is 0 Å². The Morgan fingerprint density at radius 1 is 1.05 bits per heavy atom. The molecule has 2 saturated heterocycles. The Hall–Kier alpha value is -3.76. The molecular formula is C26H26F3N5O3. The molecule has 4 heterocycles. The molecule has 0 atom stereocenters. The van der Waals surface area contributed by atoms with Crippen molar-refractivity contribution in [2.24, 2.45) is 0 Å². The molecule has 8 nitrogen and oxygen atoms in total. The smallest absolute Gasteiger partial charge is 0.341 e. The largest absolute Gasteiger partial charge is 0.433 e. The molecule has 0 radical (unpaired) electrons. The summed E-state index contributed by atoms with van der Waals surface area (Å²) in [5, 5.41) is 5.17. The number of hydrogen-bond acceptors (Lipinski definition) is 5. The maximum atomic E-state index is 12.9. The second-order valence-electron chi connectivity index (χ2n) is 9.53. The van der Waals surface area contributed by atoms with Gasteiger partial charge in [-0.05, 0) is 49.1 Å². The normalized spacial score (nSPS) is 17.1. The van der Waals surface area contributed by atoms with Crippen molar-refractivity contribution in [3.8, 4) is 0 Å². The first kappa shape index (κ1) is 24.9. The second-order valence-corrected chi connectivity index (χ2v) is 9.53. The number of Topliss-reactive ketones (excluding diaryl/α,β-unsaturated/α-hetero) is 1. The summed E-state index contributed by atoms with van der Waals surface area (Å²) in [5.41, 5.74) is -0.0869. The van der Waals surface area contributed by atoms with Crippen LogP contribution in [0.25, 0.3) is 10.9 Å². The van der Waals surface area contributed by atoms with Crippen LogP contribution in [0.4, 0.5) is 13.2 Å². The van der Waals surface area contributed by atoms with Crippen LogP contribution in [-0.4, -0.2) is 67.8 Å². The molecule has 2 aromatic heterocycles. The van der Waals surface area contributed by atoms with Crippen molar-refractivity contribution in [2.45, 2.75) is 50.9 Å². The first-order valence-corrected chi connectivity index (χ1v) is 12.3. The number of piperidine rings is 1. The first-order chi connectivity index (χ1) is 17.7. The fourth-order valence-corrected chi connectivity index (χ4v) is 5.06. The molecule has 2 fully saturated rings. The van der Waals surface area contributed by atoms with Crippen LogP contribution in [0, 0.1) is 0 Å². The molecule has 11 heteroatoms. The first-order valence-electron chi connectivity index (χ1n) is 12.3. The maximum Gasteiger partial charge on any atom is 0.433 e. The fourth-order valence-electron chi connectivity index (χ4n) is 5.06. The summed E-state index contributed by atoms with van der Waals surface area (Å²) in [6.45, 7) is 2.08. The maximum absolute atomic E-state index is 12.9. The average Bonchev–Trinajstić information content (AvgIpc) is 3.48. The lowest BCUT2D eigenvalue weighted by Crippen LogP contribution is -2.47. The fraction of sp³-hybridized carbons (Fsp3) is 0.423. The minimum Gasteiger partial charge on any atom is -0.341 e. The highest BCUT2D eigenvalue weighted by atomic mass is 19.4. The molecule has 2 amide bonds. The van der Waals surface area contributed by atoms with Gasteiger partial charge in [0.25, 0.3) is 0 Å². The monoisotopic (exact) mass is 513 g/mol. The van der Waals surface area contributed by atoms with Crippen LogP contribution in [0.3, 0.4) is 0 Å². The van der Waals surface area contributed by atoms with Gasteiger partial charge in [-0.3, -0.25) is 19.1 Å². The number of fused-ring (bicyclic) bond motifs is 1. The molecule has 3 aromatic rings. The lowest BCUT2D eigenvalue weighted by atomic mass is 10.0. The van der Waals surface area contributed by atoms with Gasteiger partial charge < -0.3 is 9.80 Å². The van der Waals surface area contributed by atoms with Gasteiger partial charge in [0.05, 0.1) is 5.52 Å². The number of likely N-dealkylation sites (tertiary alicyclic amines) is 2. The van der Waals surface area contributed by atoms with E-state index in [9.17, 15) is 27.6 Å². The van der Waals surface area contributed by atoms with Crippen LogP contribution in [0.15, 0.2) is 42.6 Å². The van der Waals surface area contributed by atoms with E-state index in [1.54, 1.807) is 34.0 Å². The van der Waals surface area contributed by atoms with Gasteiger partial charge in [0.2, 0.25) is 11.8 Å². The highest BCUT2D eigenvalue weighted by molar-refractivity contribution is 5.96. The van der Waals surface area contributed by atoms with Gasteiger partial charge in [0, 0.05) is 50.1 Å². The van der Waals surface area contributed by atoms with Crippen molar-refractivity contribution < 1.29 is 27.6 Å². The molecule has 194 valence electrons. The molecule has 0 N–H and O–H groups in total. The molecule has 0 bridgehead atoms. The zero-order chi connectivity index (χ0) is 26.2. The van der Waals surface area contributed by atoms with Crippen LogP contribution in [-0.2, 0) is 28.7 Å². The number of pyridine rings is 1. The summed E-state index contributed by atoms with van der Waals surface area (Å²) in [5.74, 6) is -0.364. The van der Waals surface area contributed by atoms with E-state index < -0.39 is 17.7 Å². The molecule has 0 unspecified atom stereocenters. The predicted octanol–water partition coefficient (Wildman–Crippen LogP) is 3.49. The number of benzene rings is 1. The van der Waals surface area contributed by atoms with E-state index in [1.807, 2.05) is 4.90 Å². The van der Waals surface area contributed by atoms with Crippen molar-refractivity contribution in [3.05, 3.63) is 59.5 Å². The highest BCUT2D eigenvalue weighted by Gasteiger charge is 2.33. The average molecular weight is 514 g/mol.